The van der Waals surface area contributed by atoms with E-state index in [-0.39, 0.29) is 5.91 Å². The van der Waals surface area contributed by atoms with Crippen molar-refractivity contribution in [3.63, 3.8) is 0 Å². The normalized spacial score (nSPS) is 21.2. The third-order valence-corrected chi connectivity index (χ3v) is 4.19. The molecule has 0 N–H and O–H groups in total. The minimum atomic E-state index is 0.235. The van der Waals surface area contributed by atoms with Crippen molar-refractivity contribution in [2.75, 3.05) is 6.54 Å². The molecule has 18 heavy (non-hydrogen) atoms. The first-order chi connectivity index (χ1) is 8.49. The molecule has 1 amide bonds. The van der Waals surface area contributed by atoms with Crippen molar-refractivity contribution in [1.29, 1.82) is 0 Å². The Hall–Kier alpha value is -1.03. The maximum absolute atomic E-state index is 12.0. The van der Waals surface area contributed by atoms with Crippen molar-refractivity contribution in [2.24, 2.45) is 13.0 Å². The molecule has 0 aromatic carbocycles. The van der Waals surface area contributed by atoms with Crippen LogP contribution in [0.25, 0.3) is 0 Å². The molecule has 1 aromatic heterocycles. The summed E-state index contributed by atoms with van der Waals surface area (Å²) in [6, 6.07) is 0. The number of likely N-dealkylation sites (tertiary alicyclic amines) is 1. The molecule has 0 bridgehead atoms. The van der Waals surface area contributed by atoms with E-state index in [2.05, 4.69) is 12.0 Å². The van der Waals surface area contributed by atoms with Crippen LogP contribution in [0.4, 0.5) is 0 Å². The van der Waals surface area contributed by atoms with Gasteiger partial charge in [0.05, 0.1) is 12.2 Å². The van der Waals surface area contributed by atoms with Gasteiger partial charge in [0.25, 0.3) is 0 Å². The first-order valence-corrected chi connectivity index (χ1v) is 6.82. The third kappa shape index (κ3) is 2.69. The summed E-state index contributed by atoms with van der Waals surface area (Å²) in [5.41, 5.74) is 1.88. The van der Waals surface area contributed by atoms with E-state index in [1.54, 1.807) is 4.68 Å². The Morgan fingerprint density at radius 3 is 2.78 bits per heavy atom. The Balaban J connectivity index is 2.14. The zero-order valence-electron chi connectivity index (χ0n) is 11.2. The molecule has 0 radical (unpaired) electrons. The first kappa shape index (κ1) is 13.4. The maximum atomic E-state index is 12.0. The molecule has 5 heteroatoms. The molecule has 1 aromatic rings. The number of aryl methyl sites for hydroxylation is 2. The number of carbonyl (C=O) groups excluding carboxylic acids is 1. The van der Waals surface area contributed by atoms with Gasteiger partial charge in [-0.05, 0) is 25.7 Å². The monoisotopic (exact) mass is 269 g/mol. The van der Waals surface area contributed by atoms with E-state index in [4.69, 9.17) is 11.6 Å². The van der Waals surface area contributed by atoms with Gasteiger partial charge in [-0.1, -0.05) is 18.5 Å². The first-order valence-electron chi connectivity index (χ1n) is 6.44. The molecule has 0 spiro atoms. The molecule has 1 atom stereocenters. The van der Waals surface area contributed by atoms with Crippen LogP contribution in [0, 0.1) is 12.8 Å². The summed E-state index contributed by atoms with van der Waals surface area (Å²) < 4.78 is 1.66. The lowest BCUT2D eigenvalue weighted by molar-refractivity contribution is -0.131. The van der Waals surface area contributed by atoms with Gasteiger partial charge in [-0.2, -0.15) is 5.10 Å². The fourth-order valence-electron chi connectivity index (χ4n) is 2.38. The van der Waals surface area contributed by atoms with E-state index in [1.165, 1.54) is 0 Å². The Labute approximate surface area is 113 Å². The number of carbonyl (C=O) groups is 1. The summed E-state index contributed by atoms with van der Waals surface area (Å²) in [5, 5.41) is 4.92. The Morgan fingerprint density at radius 1 is 1.44 bits per heavy atom. The van der Waals surface area contributed by atoms with Crippen LogP contribution in [0.15, 0.2) is 0 Å². The minimum absolute atomic E-state index is 0.235. The molecule has 100 valence electrons. The lowest BCUT2D eigenvalue weighted by Gasteiger charge is -2.20. The predicted octanol–water partition coefficient (Wildman–Crippen LogP) is 2.53. The molecule has 1 fully saturated rings. The number of hydrogen-bond donors (Lipinski definition) is 0. The minimum Gasteiger partial charge on any atom is -0.338 e. The van der Waals surface area contributed by atoms with Gasteiger partial charge in [0.15, 0.2) is 0 Å². The van der Waals surface area contributed by atoms with E-state index in [0.29, 0.717) is 24.0 Å². The quantitative estimate of drug-likeness (QED) is 0.828. The number of rotatable bonds is 2. The molecular weight excluding hydrogens is 250 g/mol. The van der Waals surface area contributed by atoms with E-state index >= 15 is 0 Å². The van der Waals surface area contributed by atoms with E-state index in [0.717, 1.165) is 30.6 Å². The van der Waals surface area contributed by atoms with Gasteiger partial charge in [0.1, 0.15) is 5.15 Å². The number of halogens is 1. The lowest BCUT2D eigenvalue weighted by atomic mass is 10.0. The Morgan fingerprint density at radius 2 is 2.17 bits per heavy atom. The van der Waals surface area contributed by atoms with Crippen molar-refractivity contribution in [3.8, 4) is 0 Å². The van der Waals surface area contributed by atoms with Crippen LogP contribution < -0.4 is 0 Å². The average molecular weight is 270 g/mol. The highest BCUT2D eigenvalue weighted by Crippen LogP contribution is 2.24. The number of hydrogen-bond acceptors (Lipinski definition) is 2. The molecule has 4 nitrogen and oxygen atoms in total. The Kier molecular flexibility index (Phi) is 3.95. The second-order valence-electron chi connectivity index (χ2n) is 5.23. The van der Waals surface area contributed by atoms with Crippen LogP contribution >= 0.6 is 11.6 Å². The SMILES string of the molecule is Cc1nn(C)c(Cl)c1CN1CCC(C)CCC1=O. The summed E-state index contributed by atoms with van der Waals surface area (Å²) in [4.78, 5) is 14.0. The standard InChI is InChI=1S/C13H20ClN3O/c1-9-4-5-12(18)17(7-6-9)8-11-10(2)15-16(3)13(11)14/h9H,4-8H2,1-3H3. The number of aromatic nitrogens is 2. The molecule has 2 heterocycles. The van der Waals surface area contributed by atoms with Crippen molar-refractivity contribution in [3.05, 3.63) is 16.4 Å². The summed E-state index contributed by atoms with van der Waals surface area (Å²) in [6.45, 7) is 5.56. The molecule has 0 saturated carbocycles. The summed E-state index contributed by atoms with van der Waals surface area (Å²) in [6.07, 6.45) is 2.72. The molecule has 1 saturated heterocycles. The summed E-state index contributed by atoms with van der Waals surface area (Å²) in [7, 11) is 1.82. The Bertz CT molecular complexity index is 455. The lowest BCUT2D eigenvalue weighted by Crippen LogP contribution is -2.30. The zero-order valence-corrected chi connectivity index (χ0v) is 12.0. The zero-order chi connectivity index (χ0) is 13.3. The van der Waals surface area contributed by atoms with Crippen molar-refractivity contribution in [2.45, 2.75) is 39.7 Å². The fraction of sp³-hybridized carbons (Fsp3) is 0.692. The molecule has 0 aliphatic carbocycles. The average Bonchev–Trinajstić information content (AvgIpc) is 2.48. The number of amides is 1. The van der Waals surface area contributed by atoms with Crippen molar-refractivity contribution < 1.29 is 4.79 Å². The van der Waals surface area contributed by atoms with Gasteiger partial charge >= 0.3 is 0 Å². The third-order valence-electron chi connectivity index (χ3n) is 3.71. The van der Waals surface area contributed by atoms with E-state index in [9.17, 15) is 4.79 Å². The van der Waals surface area contributed by atoms with Crippen LogP contribution in [-0.2, 0) is 18.4 Å². The predicted molar refractivity (Wildman–Crippen MR) is 71.4 cm³/mol. The van der Waals surface area contributed by atoms with Gasteiger partial charge in [0, 0.05) is 25.6 Å². The summed E-state index contributed by atoms with van der Waals surface area (Å²) >= 11 is 6.21. The largest absolute Gasteiger partial charge is 0.338 e. The number of nitrogens with zero attached hydrogens (tertiary/aromatic N) is 3. The van der Waals surface area contributed by atoms with Crippen molar-refractivity contribution >= 4 is 17.5 Å². The van der Waals surface area contributed by atoms with Crippen LogP contribution in [0.3, 0.4) is 0 Å². The second-order valence-corrected chi connectivity index (χ2v) is 5.58. The van der Waals surface area contributed by atoms with Crippen LogP contribution in [0.1, 0.15) is 37.4 Å². The van der Waals surface area contributed by atoms with E-state index < -0.39 is 0 Å². The maximum Gasteiger partial charge on any atom is 0.222 e. The molecule has 1 aliphatic heterocycles. The van der Waals surface area contributed by atoms with E-state index in [1.807, 2.05) is 18.9 Å². The molecule has 2 rings (SSSR count). The highest BCUT2D eigenvalue weighted by Gasteiger charge is 2.22. The van der Waals surface area contributed by atoms with Crippen LogP contribution in [-0.4, -0.2) is 27.1 Å². The smallest absolute Gasteiger partial charge is 0.222 e. The second kappa shape index (κ2) is 5.31. The molecular formula is C13H20ClN3O. The highest BCUT2D eigenvalue weighted by atomic mass is 35.5. The topological polar surface area (TPSA) is 38.1 Å². The summed E-state index contributed by atoms with van der Waals surface area (Å²) in [5.74, 6) is 0.864. The van der Waals surface area contributed by atoms with Gasteiger partial charge in [-0.15, -0.1) is 0 Å². The van der Waals surface area contributed by atoms with Crippen LogP contribution in [0.5, 0.6) is 0 Å². The highest BCUT2D eigenvalue weighted by molar-refractivity contribution is 6.30. The van der Waals surface area contributed by atoms with Gasteiger partial charge in [0.2, 0.25) is 5.91 Å². The fourth-order valence-corrected chi connectivity index (χ4v) is 2.62. The van der Waals surface area contributed by atoms with Crippen molar-refractivity contribution in [1.82, 2.24) is 14.7 Å². The van der Waals surface area contributed by atoms with Crippen LogP contribution in [0.2, 0.25) is 5.15 Å². The van der Waals surface area contributed by atoms with Gasteiger partial charge < -0.3 is 4.90 Å². The molecule has 1 unspecified atom stereocenters. The van der Waals surface area contributed by atoms with Gasteiger partial charge in [-0.3, -0.25) is 9.48 Å². The van der Waals surface area contributed by atoms with Gasteiger partial charge in [-0.25, -0.2) is 0 Å². The molecule has 1 aliphatic rings.